The van der Waals surface area contributed by atoms with Gasteiger partial charge in [-0.25, -0.2) is 0 Å². The third-order valence-corrected chi connectivity index (χ3v) is 4.49. The van der Waals surface area contributed by atoms with E-state index >= 15 is 0 Å². The van der Waals surface area contributed by atoms with Gasteiger partial charge in [-0.1, -0.05) is 17.7 Å². The third kappa shape index (κ3) is 2.99. The minimum Gasteiger partial charge on any atom is -0.480 e. The number of carboxylic acid groups (broad SMARTS) is 1. The van der Waals surface area contributed by atoms with Gasteiger partial charge in [-0.3, -0.25) is 9.59 Å². The fraction of sp³-hybridized carbons (Fsp3) is 0.158. The molecule has 0 aliphatic carbocycles. The number of aliphatic carboxylic acids is 1. The first-order valence-corrected chi connectivity index (χ1v) is 8.31. The summed E-state index contributed by atoms with van der Waals surface area (Å²) < 4.78 is 12.2. The van der Waals surface area contributed by atoms with E-state index in [-0.39, 0.29) is 18.8 Å². The molecular weight excluding hydrogens is 358 g/mol. The Morgan fingerprint density at radius 1 is 1.15 bits per heavy atom. The molecule has 1 aliphatic heterocycles. The SMILES string of the molecule is O=C(O)Cn1cc(Cc2ccc3c(c2)OCO3)c(=O)c2cc(Cl)ccc21. The molecule has 1 N–H and O–H groups in total. The number of halogens is 1. The summed E-state index contributed by atoms with van der Waals surface area (Å²) >= 11 is 6.03. The normalized spacial score (nSPS) is 12.5. The molecule has 1 aromatic heterocycles. The van der Waals surface area contributed by atoms with Gasteiger partial charge in [-0.05, 0) is 35.9 Å². The summed E-state index contributed by atoms with van der Waals surface area (Å²) in [5.41, 5.74) is 1.73. The van der Waals surface area contributed by atoms with Crippen molar-refractivity contribution in [1.29, 1.82) is 0 Å². The van der Waals surface area contributed by atoms with E-state index in [9.17, 15) is 14.7 Å². The Labute approximate surface area is 153 Å². The second-order valence-corrected chi connectivity index (χ2v) is 6.47. The van der Waals surface area contributed by atoms with Crippen LogP contribution in [0, 0.1) is 0 Å². The van der Waals surface area contributed by atoms with Gasteiger partial charge in [0.2, 0.25) is 6.79 Å². The van der Waals surface area contributed by atoms with Crippen molar-refractivity contribution in [3.63, 3.8) is 0 Å². The molecule has 132 valence electrons. The lowest BCUT2D eigenvalue weighted by Gasteiger charge is -2.12. The standard InChI is InChI=1S/C19H14ClNO5/c20-13-2-3-15-14(7-13)19(24)12(8-21(15)9-18(22)23)5-11-1-4-16-17(6-11)26-10-25-16/h1-4,6-8H,5,9-10H2,(H,22,23). The fourth-order valence-electron chi connectivity index (χ4n) is 3.10. The van der Waals surface area contributed by atoms with Crippen LogP contribution in [0.25, 0.3) is 10.9 Å². The zero-order valence-electron chi connectivity index (χ0n) is 13.6. The number of carboxylic acids is 1. The van der Waals surface area contributed by atoms with Crippen LogP contribution in [0.2, 0.25) is 5.02 Å². The molecule has 4 rings (SSSR count). The van der Waals surface area contributed by atoms with E-state index in [2.05, 4.69) is 0 Å². The zero-order chi connectivity index (χ0) is 18.3. The highest BCUT2D eigenvalue weighted by Gasteiger charge is 2.16. The Morgan fingerprint density at radius 2 is 1.96 bits per heavy atom. The van der Waals surface area contributed by atoms with E-state index in [4.69, 9.17) is 21.1 Å². The van der Waals surface area contributed by atoms with E-state index in [1.165, 1.54) is 0 Å². The van der Waals surface area contributed by atoms with Crippen molar-refractivity contribution in [2.45, 2.75) is 13.0 Å². The highest BCUT2D eigenvalue weighted by Crippen LogP contribution is 2.33. The summed E-state index contributed by atoms with van der Waals surface area (Å²) in [6.45, 7) is -0.0643. The number of pyridine rings is 1. The van der Waals surface area contributed by atoms with E-state index in [0.717, 1.165) is 5.56 Å². The molecule has 0 bridgehead atoms. The van der Waals surface area contributed by atoms with Crippen LogP contribution < -0.4 is 14.9 Å². The van der Waals surface area contributed by atoms with Gasteiger partial charge in [0.05, 0.1) is 5.52 Å². The Balaban J connectivity index is 1.82. The predicted octanol–water partition coefficient (Wildman–Crippen LogP) is 3.06. The lowest BCUT2D eigenvalue weighted by atomic mass is 10.0. The molecule has 0 unspecified atom stereocenters. The number of hydrogen-bond acceptors (Lipinski definition) is 4. The molecule has 2 aromatic carbocycles. The maximum atomic E-state index is 12.9. The highest BCUT2D eigenvalue weighted by molar-refractivity contribution is 6.31. The van der Waals surface area contributed by atoms with Crippen molar-refractivity contribution in [2.24, 2.45) is 0 Å². The summed E-state index contributed by atoms with van der Waals surface area (Å²) in [6, 6.07) is 10.3. The molecule has 2 heterocycles. The largest absolute Gasteiger partial charge is 0.480 e. The fourth-order valence-corrected chi connectivity index (χ4v) is 3.28. The molecule has 0 atom stereocenters. The number of fused-ring (bicyclic) bond motifs is 2. The maximum Gasteiger partial charge on any atom is 0.323 e. The number of carbonyl (C=O) groups is 1. The monoisotopic (exact) mass is 371 g/mol. The van der Waals surface area contributed by atoms with E-state index < -0.39 is 5.97 Å². The number of ether oxygens (including phenoxy) is 2. The number of benzene rings is 2. The quantitative estimate of drug-likeness (QED) is 0.762. The van der Waals surface area contributed by atoms with Gasteiger partial charge in [0.15, 0.2) is 16.9 Å². The van der Waals surface area contributed by atoms with Crippen molar-refractivity contribution in [3.8, 4) is 11.5 Å². The molecule has 26 heavy (non-hydrogen) atoms. The topological polar surface area (TPSA) is 77.8 Å². The summed E-state index contributed by atoms with van der Waals surface area (Å²) in [7, 11) is 0. The number of aromatic nitrogens is 1. The van der Waals surface area contributed by atoms with Gasteiger partial charge >= 0.3 is 5.97 Å². The van der Waals surface area contributed by atoms with Crippen LogP contribution in [-0.4, -0.2) is 22.4 Å². The first kappa shape index (κ1) is 16.5. The van der Waals surface area contributed by atoms with Crippen molar-refractivity contribution < 1.29 is 19.4 Å². The molecule has 0 amide bonds. The lowest BCUT2D eigenvalue weighted by Crippen LogP contribution is -2.18. The van der Waals surface area contributed by atoms with Crippen LogP contribution in [0.15, 0.2) is 47.4 Å². The number of rotatable bonds is 4. The molecule has 0 radical (unpaired) electrons. The van der Waals surface area contributed by atoms with E-state index in [1.807, 2.05) is 12.1 Å². The second-order valence-electron chi connectivity index (χ2n) is 6.03. The maximum absolute atomic E-state index is 12.9. The second kappa shape index (κ2) is 6.38. The Kier molecular flexibility index (Phi) is 4.05. The summed E-state index contributed by atoms with van der Waals surface area (Å²) in [5, 5.41) is 10.0. The molecule has 0 saturated heterocycles. The van der Waals surface area contributed by atoms with Crippen molar-refractivity contribution >= 4 is 28.5 Å². The van der Waals surface area contributed by atoms with Crippen LogP contribution in [-0.2, 0) is 17.8 Å². The van der Waals surface area contributed by atoms with Crippen LogP contribution in [0.4, 0.5) is 0 Å². The third-order valence-electron chi connectivity index (χ3n) is 4.25. The molecule has 1 aliphatic rings. The minimum atomic E-state index is -0.987. The molecular formula is C19H14ClNO5. The van der Waals surface area contributed by atoms with Crippen LogP contribution in [0.1, 0.15) is 11.1 Å². The van der Waals surface area contributed by atoms with Crippen molar-refractivity contribution in [1.82, 2.24) is 4.57 Å². The Bertz CT molecular complexity index is 1090. The van der Waals surface area contributed by atoms with Crippen LogP contribution in [0.5, 0.6) is 11.5 Å². The highest BCUT2D eigenvalue weighted by atomic mass is 35.5. The molecule has 0 fully saturated rings. The summed E-state index contributed by atoms with van der Waals surface area (Å²) in [6.07, 6.45) is 1.94. The van der Waals surface area contributed by atoms with Crippen molar-refractivity contribution in [3.05, 3.63) is 69.0 Å². The molecule has 7 heteroatoms. The Morgan fingerprint density at radius 3 is 2.77 bits per heavy atom. The smallest absolute Gasteiger partial charge is 0.323 e. The van der Waals surface area contributed by atoms with Crippen molar-refractivity contribution in [2.75, 3.05) is 6.79 Å². The predicted molar refractivity (Wildman–Crippen MR) is 96.2 cm³/mol. The summed E-state index contributed by atoms with van der Waals surface area (Å²) in [4.78, 5) is 24.1. The first-order valence-electron chi connectivity index (χ1n) is 7.93. The molecule has 6 nitrogen and oxygen atoms in total. The van der Waals surface area contributed by atoms with Gasteiger partial charge in [-0.2, -0.15) is 0 Å². The average Bonchev–Trinajstić information content (AvgIpc) is 3.06. The van der Waals surface area contributed by atoms with E-state index in [1.54, 1.807) is 35.0 Å². The molecule has 0 saturated carbocycles. The minimum absolute atomic E-state index is 0.165. The Hall–Kier alpha value is -2.99. The first-order chi connectivity index (χ1) is 12.5. The lowest BCUT2D eigenvalue weighted by molar-refractivity contribution is -0.137. The van der Waals surface area contributed by atoms with Gasteiger partial charge in [0, 0.05) is 28.6 Å². The summed E-state index contributed by atoms with van der Waals surface area (Å²) in [5.74, 6) is 0.318. The zero-order valence-corrected chi connectivity index (χ0v) is 14.3. The number of nitrogens with zero attached hydrogens (tertiary/aromatic N) is 1. The van der Waals surface area contributed by atoms with Crippen LogP contribution in [0.3, 0.4) is 0 Å². The molecule has 0 spiro atoms. The number of hydrogen-bond donors (Lipinski definition) is 1. The van der Waals surface area contributed by atoms with Gasteiger partial charge in [-0.15, -0.1) is 0 Å². The van der Waals surface area contributed by atoms with Gasteiger partial charge < -0.3 is 19.1 Å². The molecule has 3 aromatic rings. The van der Waals surface area contributed by atoms with Gasteiger partial charge in [0.1, 0.15) is 6.54 Å². The average molecular weight is 372 g/mol. The van der Waals surface area contributed by atoms with Crippen LogP contribution >= 0.6 is 11.6 Å². The van der Waals surface area contributed by atoms with Gasteiger partial charge in [0.25, 0.3) is 0 Å². The van der Waals surface area contributed by atoms with E-state index in [0.29, 0.717) is 39.4 Å².